The highest BCUT2D eigenvalue weighted by atomic mass is 16.6. The highest BCUT2D eigenvalue weighted by molar-refractivity contribution is 5.79. The summed E-state index contributed by atoms with van der Waals surface area (Å²) in [7, 11) is 3.12. The summed E-state index contributed by atoms with van der Waals surface area (Å²) in [6.07, 6.45) is 0.244. The second-order valence-corrected chi connectivity index (χ2v) is 7.69. The third kappa shape index (κ3) is 5.51. The smallest absolute Gasteiger partial charge is 0.410 e. The van der Waals surface area contributed by atoms with E-state index in [-0.39, 0.29) is 12.5 Å². The van der Waals surface area contributed by atoms with Crippen LogP contribution in [0.4, 0.5) is 16.2 Å². The van der Waals surface area contributed by atoms with E-state index in [0.717, 1.165) is 12.0 Å². The molecule has 0 fully saturated rings. The minimum Gasteiger partial charge on any atom is -0.448 e. The Kier molecular flexibility index (Phi) is 8.05. The van der Waals surface area contributed by atoms with Crippen LogP contribution in [0.15, 0.2) is 72.8 Å². The molecule has 1 aliphatic carbocycles. The second-order valence-electron chi connectivity index (χ2n) is 7.69. The number of carbonyl (C=O) groups excluding carboxylic acids is 2. The first-order chi connectivity index (χ1) is 16.0. The molecule has 0 saturated heterocycles. The third-order valence-corrected chi connectivity index (χ3v) is 5.60. The number of nitrogens with zero attached hydrogens (tertiary/aromatic N) is 1. The lowest BCUT2D eigenvalue weighted by atomic mass is 9.98. The number of carbonyl (C=O) groups is 2. The van der Waals surface area contributed by atoms with Gasteiger partial charge in [-0.1, -0.05) is 60.7 Å². The van der Waals surface area contributed by atoms with Gasteiger partial charge in [-0.25, -0.2) is 4.79 Å². The van der Waals surface area contributed by atoms with Crippen LogP contribution >= 0.6 is 0 Å². The van der Waals surface area contributed by atoms with Gasteiger partial charge in [0.2, 0.25) is 0 Å². The number of likely N-dealkylation sites (N-methyl/N-ethyl adjacent to an activating group) is 1. The fourth-order valence-electron chi connectivity index (χ4n) is 3.65. The van der Waals surface area contributed by atoms with Crippen LogP contribution in [0.2, 0.25) is 0 Å². The maximum atomic E-state index is 12.1. The number of ether oxygens (including phenoxy) is 1. The second kappa shape index (κ2) is 11.2. The summed E-state index contributed by atoms with van der Waals surface area (Å²) in [5, 5.41) is 0. The van der Waals surface area contributed by atoms with Gasteiger partial charge in [-0.15, -0.1) is 0 Å². The van der Waals surface area contributed by atoms with Crippen LogP contribution in [-0.2, 0) is 14.4 Å². The van der Waals surface area contributed by atoms with Crippen molar-refractivity contribution < 1.29 is 19.2 Å². The Balaban J connectivity index is 0.000000257. The van der Waals surface area contributed by atoms with Crippen molar-refractivity contribution in [2.75, 3.05) is 32.0 Å². The van der Waals surface area contributed by atoms with Crippen molar-refractivity contribution in [2.24, 2.45) is 0 Å². The molecule has 7 heteroatoms. The van der Waals surface area contributed by atoms with E-state index in [1.54, 1.807) is 27.1 Å². The van der Waals surface area contributed by atoms with Crippen molar-refractivity contribution in [1.29, 1.82) is 0 Å². The number of hydrogen-bond acceptors (Lipinski definition) is 6. The zero-order valence-corrected chi connectivity index (χ0v) is 19.0. The molecule has 0 aromatic heterocycles. The first-order valence-corrected chi connectivity index (χ1v) is 10.6. The average molecular weight is 448 g/mol. The molecule has 172 valence electrons. The first kappa shape index (κ1) is 23.8. The van der Waals surface area contributed by atoms with Crippen molar-refractivity contribution in [3.05, 3.63) is 83.9 Å². The van der Waals surface area contributed by atoms with E-state index in [1.165, 1.54) is 27.2 Å². The SMILES string of the molecule is CC(C=O)N(C)C(=O)OCC1c2ccccc2-c2ccccc21.CONc1ccccc1N. The molecule has 3 aromatic rings. The molecule has 4 rings (SSSR count). The van der Waals surface area contributed by atoms with E-state index in [1.807, 2.05) is 42.5 Å². The van der Waals surface area contributed by atoms with Crippen LogP contribution in [0.5, 0.6) is 0 Å². The van der Waals surface area contributed by atoms with E-state index >= 15 is 0 Å². The van der Waals surface area contributed by atoms with Crippen molar-refractivity contribution in [3.8, 4) is 11.1 Å². The van der Waals surface area contributed by atoms with Crippen molar-refractivity contribution in [2.45, 2.75) is 18.9 Å². The number of anilines is 2. The Morgan fingerprint density at radius 1 is 1.03 bits per heavy atom. The van der Waals surface area contributed by atoms with Crippen LogP contribution in [-0.4, -0.2) is 44.1 Å². The van der Waals surface area contributed by atoms with E-state index in [4.69, 9.17) is 10.5 Å². The van der Waals surface area contributed by atoms with Gasteiger partial charge in [0, 0.05) is 13.0 Å². The van der Waals surface area contributed by atoms with Gasteiger partial charge in [-0.3, -0.25) is 10.3 Å². The predicted molar refractivity (Wildman–Crippen MR) is 130 cm³/mol. The fourth-order valence-corrected chi connectivity index (χ4v) is 3.65. The molecule has 3 N–H and O–H groups in total. The molecule has 1 amide bonds. The number of aldehydes is 1. The summed E-state index contributed by atoms with van der Waals surface area (Å²) in [5.74, 6) is 0.0336. The molecule has 7 nitrogen and oxygen atoms in total. The third-order valence-electron chi connectivity index (χ3n) is 5.60. The summed E-state index contributed by atoms with van der Waals surface area (Å²) in [6, 6.07) is 23.3. The zero-order valence-electron chi connectivity index (χ0n) is 19.0. The number of hydrogen-bond donors (Lipinski definition) is 2. The van der Waals surface area contributed by atoms with Gasteiger partial charge in [0.1, 0.15) is 12.9 Å². The van der Waals surface area contributed by atoms with Gasteiger partial charge < -0.3 is 20.2 Å². The van der Waals surface area contributed by atoms with E-state index in [2.05, 4.69) is 34.6 Å². The van der Waals surface area contributed by atoms with E-state index in [0.29, 0.717) is 5.69 Å². The van der Waals surface area contributed by atoms with Gasteiger partial charge in [0.15, 0.2) is 0 Å². The van der Waals surface area contributed by atoms with Gasteiger partial charge >= 0.3 is 6.09 Å². The Morgan fingerprint density at radius 2 is 1.58 bits per heavy atom. The largest absolute Gasteiger partial charge is 0.448 e. The lowest BCUT2D eigenvalue weighted by molar-refractivity contribution is -0.111. The number of amides is 1. The summed E-state index contributed by atoms with van der Waals surface area (Å²) in [6.45, 7) is 1.93. The van der Waals surface area contributed by atoms with Crippen LogP contribution in [0.3, 0.4) is 0 Å². The molecule has 1 atom stereocenters. The molecule has 0 spiro atoms. The zero-order chi connectivity index (χ0) is 23.8. The maximum absolute atomic E-state index is 12.1. The number of nitrogens with one attached hydrogen (secondary N) is 1. The minimum absolute atomic E-state index is 0.0336. The Morgan fingerprint density at radius 3 is 2.12 bits per heavy atom. The Labute approximate surface area is 194 Å². The van der Waals surface area contributed by atoms with Gasteiger partial charge in [-0.05, 0) is 41.3 Å². The molecule has 0 heterocycles. The summed E-state index contributed by atoms with van der Waals surface area (Å²) in [4.78, 5) is 28.8. The molecule has 0 bridgehead atoms. The molecule has 1 unspecified atom stereocenters. The van der Waals surface area contributed by atoms with E-state index in [9.17, 15) is 9.59 Å². The lowest BCUT2D eigenvalue weighted by Crippen LogP contribution is -2.37. The van der Waals surface area contributed by atoms with Crippen LogP contribution < -0.4 is 11.2 Å². The van der Waals surface area contributed by atoms with Gasteiger partial charge in [0.05, 0.1) is 24.5 Å². The highest BCUT2D eigenvalue weighted by Crippen LogP contribution is 2.44. The molecule has 0 saturated carbocycles. The number of nitrogens with two attached hydrogens (primary N) is 1. The monoisotopic (exact) mass is 447 g/mol. The summed E-state index contributed by atoms with van der Waals surface area (Å²) >= 11 is 0. The van der Waals surface area contributed by atoms with Crippen LogP contribution in [0.1, 0.15) is 24.0 Å². The number of rotatable bonds is 6. The van der Waals surface area contributed by atoms with E-state index < -0.39 is 12.1 Å². The number of para-hydroxylation sites is 2. The van der Waals surface area contributed by atoms with Crippen LogP contribution in [0.25, 0.3) is 11.1 Å². The topological polar surface area (TPSA) is 93.9 Å². The van der Waals surface area contributed by atoms with Crippen molar-refractivity contribution >= 4 is 23.8 Å². The molecule has 0 radical (unpaired) electrons. The molecule has 0 aliphatic heterocycles. The van der Waals surface area contributed by atoms with Crippen molar-refractivity contribution in [1.82, 2.24) is 4.90 Å². The summed E-state index contributed by atoms with van der Waals surface area (Å²) < 4.78 is 5.45. The first-order valence-electron chi connectivity index (χ1n) is 10.6. The quantitative estimate of drug-likeness (QED) is 0.323. The predicted octanol–water partition coefficient (Wildman–Crippen LogP) is 4.70. The Bertz CT molecular complexity index is 1060. The Hall–Kier alpha value is -3.84. The average Bonchev–Trinajstić information content (AvgIpc) is 3.17. The fraction of sp³-hybridized carbons (Fsp3) is 0.231. The maximum Gasteiger partial charge on any atom is 0.410 e. The molecule has 1 aliphatic rings. The molecule has 3 aromatic carbocycles. The summed E-state index contributed by atoms with van der Waals surface area (Å²) in [5.41, 5.74) is 14.4. The van der Waals surface area contributed by atoms with Gasteiger partial charge in [-0.2, -0.15) is 0 Å². The standard InChI is InChI=1S/C19H19NO3.C7H10N2O/c1-13(11-21)20(2)19(22)23-12-18-16-9-5-3-7-14(16)15-8-4-6-10-17(15)18;1-10-9-7-5-3-2-4-6(7)8/h3-11,13,18H,12H2,1-2H3;2-5,9H,8H2,1H3. The normalized spacial score (nSPS) is 12.5. The van der Waals surface area contributed by atoms with Crippen LogP contribution in [0, 0.1) is 0 Å². The minimum atomic E-state index is -0.495. The van der Waals surface area contributed by atoms with Gasteiger partial charge in [0.25, 0.3) is 0 Å². The molecular weight excluding hydrogens is 418 g/mol. The molecular formula is C26H29N3O4. The lowest BCUT2D eigenvalue weighted by Gasteiger charge is -2.21. The number of benzene rings is 3. The highest BCUT2D eigenvalue weighted by Gasteiger charge is 2.29. The number of fused-ring (bicyclic) bond motifs is 3. The molecule has 33 heavy (non-hydrogen) atoms. The van der Waals surface area contributed by atoms with Crippen molar-refractivity contribution in [3.63, 3.8) is 0 Å². The number of nitrogen functional groups attached to an aromatic ring is 1.